The zero-order chi connectivity index (χ0) is 12.9. The molecule has 0 saturated carbocycles. The van der Waals surface area contributed by atoms with Gasteiger partial charge in [0.25, 0.3) is 0 Å². The van der Waals surface area contributed by atoms with Gasteiger partial charge in [0.15, 0.2) is 0 Å². The minimum Gasteiger partial charge on any atom is -0.369 e. The Morgan fingerprint density at radius 2 is 2.18 bits per heavy atom. The van der Waals surface area contributed by atoms with Crippen LogP contribution in [0.3, 0.4) is 0 Å². The van der Waals surface area contributed by atoms with E-state index in [4.69, 9.17) is 10.9 Å². The molecule has 0 aliphatic carbocycles. The number of nitrogens with two attached hydrogens (primary N) is 2. The lowest BCUT2D eigenvalue weighted by Gasteiger charge is -2.11. The van der Waals surface area contributed by atoms with Crippen LogP contribution in [0, 0.1) is 0 Å². The summed E-state index contributed by atoms with van der Waals surface area (Å²) in [5, 5.41) is 8.00. The van der Waals surface area contributed by atoms with Gasteiger partial charge in [-0.25, -0.2) is 18.5 Å². The molecule has 1 aromatic rings. The lowest BCUT2D eigenvalue weighted by atomic mass is 10.2. The predicted octanol–water partition coefficient (Wildman–Crippen LogP) is 0.268. The molecule has 0 aromatic carbocycles. The Balaban J connectivity index is 2.57. The number of rotatable bonds is 6. The highest BCUT2D eigenvalue weighted by molar-refractivity contribution is 7.89. The van der Waals surface area contributed by atoms with Crippen LogP contribution in [-0.4, -0.2) is 26.0 Å². The Hall–Kier alpha value is -1.18. The standard InChI is InChI=1S/C10H18N4O2S/c1-2-3-8(11)6-13-10-5-4-9(7-14-10)17(12,15)16/h4-5,7-8H,2-3,6,11H2,1H3,(H,13,14)(H2,12,15,16). The maximum Gasteiger partial charge on any atom is 0.239 e. The van der Waals surface area contributed by atoms with Crippen LogP contribution in [0.25, 0.3) is 0 Å². The smallest absolute Gasteiger partial charge is 0.239 e. The molecule has 0 aliphatic rings. The Labute approximate surface area is 101 Å². The van der Waals surface area contributed by atoms with Gasteiger partial charge < -0.3 is 11.1 Å². The van der Waals surface area contributed by atoms with Crippen LogP contribution < -0.4 is 16.2 Å². The molecular weight excluding hydrogens is 240 g/mol. The molecule has 0 aliphatic heterocycles. The van der Waals surface area contributed by atoms with E-state index in [1.54, 1.807) is 6.07 Å². The van der Waals surface area contributed by atoms with Gasteiger partial charge in [-0.05, 0) is 18.6 Å². The Morgan fingerprint density at radius 1 is 1.47 bits per heavy atom. The average Bonchev–Trinajstić information content (AvgIpc) is 2.26. The molecular formula is C10H18N4O2S. The van der Waals surface area contributed by atoms with Crippen LogP contribution in [0.5, 0.6) is 0 Å². The van der Waals surface area contributed by atoms with Gasteiger partial charge in [0.05, 0.1) is 0 Å². The topological polar surface area (TPSA) is 111 Å². The van der Waals surface area contributed by atoms with E-state index in [0.717, 1.165) is 12.8 Å². The second-order valence-corrected chi connectivity index (χ2v) is 5.42. The van der Waals surface area contributed by atoms with Crippen LogP contribution in [0.2, 0.25) is 0 Å². The van der Waals surface area contributed by atoms with Crippen molar-refractivity contribution in [3.63, 3.8) is 0 Å². The number of hydrogen-bond donors (Lipinski definition) is 3. The van der Waals surface area contributed by atoms with E-state index in [1.165, 1.54) is 12.3 Å². The summed E-state index contributed by atoms with van der Waals surface area (Å²) in [7, 11) is -3.67. The zero-order valence-corrected chi connectivity index (χ0v) is 10.6. The Kier molecular flexibility index (Phi) is 4.86. The molecule has 17 heavy (non-hydrogen) atoms. The van der Waals surface area contributed by atoms with Gasteiger partial charge in [-0.15, -0.1) is 0 Å². The SMILES string of the molecule is CCCC(N)CNc1ccc(S(N)(=O)=O)cn1. The number of anilines is 1. The highest BCUT2D eigenvalue weighted by Crippen LogP contribution is 2.08. The van der Waals surface area contributed by atoms with Crippen molar-refractivity contribution in [3.8, 4) is 0 Å². The molecule has 0 bridgehead atoms. The van der Waals surface area contributed by atoms with Crippen LogP contribution in [-0.2, 0) is 10.0 Å². The summed E-state index contributed by atoms with van der Waals surface area (Å²) in [4.78, 5) is 3.95. The maximum absolute atomic E-state index is 11.0. The fraction of sp³-hybridized carbons (Fsp3) is 0.500. The van der Waals surface area contributed by atoms with Crippen LogP contribution >= 0.6 is 0 Å². The molecule has 1 atom stereocenters. The predicted molar refractivity (Wildman–Crippen MR) is 67.0 cm³/mol. The summed E-state index contributed by atoms with van der Waals surface area (Å²) < 4.78 is 22.0. The number of aromatic nitrogens is 1. The third-order valence-electron chi connectivity index (χ3n) is 2.27. The summed E-state index contributed by atoms with van der Waals surface area (Å²) in [5.41, 5.74) is 5.83. The average molecular weight is 258 g/mol. The normalized spacial score (nSPS) is 13.4. The molecule has 0 radical (unpaired) electrons. The fourth-order valence-electron chi connectivity index (χ4n) is 1.36. The summed E-state index contributed by atoms with van der Waals surface area (Å²) in [6, 6.07) is 3.05. The third-order valence-corrected chi connectivity index (χ3v) is 3.17. The minimum atomic E-state index is -3.67. The van der Waals surface area contributed by atoms with Crippen molar-refractivity contribution in [2.24, 2.45) is 10.9 Å². The van der Waals surface area contributed by atoms with Gasteiger partial charge in [0.1, 0.15) is 10.7 Å². The first-order valence-electron chi connectivity index (χ1n) is 5.41. The van der Waals surface area contributed by atoms with Crippen molar-refractivity contribution in [2.75, 3.05) is 11.9 Å². The highest BCUT2D eigenvalue weighted by Gasteiger charge is 2.08. The Morgan fingerprint density at radius 3 is 2.65 bits per heavy atom. The van der Waals surface area contributed by atoms with Crippen molar-refractivity contribution in [2.45, 2.75) is 30.7 Å². The highest BCUT2D eigenvalue weighted by atomic mass is 32.2. The van der Waals surface area contributed by atoms with Crippen molar-refractivity contribution in [1.29, 1.82) is 0 Å². The van der Waals surface area contributed by atoms with E-state index in [9.17, 15) is 8.42 Å². The molecule has 5 N–H and O–H groups in total. The number of hydrogen-bond acceptors (Lipinski definition) is 5. The lowest BCUT2D eigenvalue weighted by molar-refractivity contribution is 0.597. The van der Waals surface area contributed by atoms with Crippen molar-refractivity contribution < 1.29 is 8.42 Å². The van der Waals surface area contributed by atoms with E-state index in [1.807, 2.05) is 0 Å². The van der Waals surface area contributed by atoms with Crippen molar-refractivity contribution >= 4 is 15.8 Å². The zero-order valence-electron chi connectivity index (χ0n) is 9.76. The van der Waals surface area contributed by atoms with E-state index >= 15 is 0 Å². The van der Waals surface area contributed by atoms with Crippen LogP contribution in [0.15, 0.2) is 23.2 Å². The van der Waals surface area contributed by atoms with Gasteiger partial charge in [0.2, 0.25) is 10.0 Å². The van der Waals surface area contributed by atoms with E-state index in [0.29, 0.717) is 12.4 Å². The summed E-state index contributed by atoms with van der Waals surface area (Å²) >= 11 is 0. The molecule has 1 unspecified atom stereocenters. The summed E-state index contributed by atoms with van der Waals surface area (Å²) in [5.74, 6) is 0.587. The third kappa shape index (κ3) is 4.68. The van der Waals surface area contributed by atoms with Crippen molar-refractivity contribution in [1.82, 2.24) is 4.98 Å². The second-order valence-electron chi connectivity index (χ2n) is 3.85. The molecule has 0 spiro atoms. The number of pyridine rings is 1. The number of nitrogens with zero attached hydrogens (tertiary/aromatic N) is 1. The van der Waals surface area contributed by atoms with E-state index in [2.05, 4.69) is 17.2 Å². The number of nitrogens with one attached hydrogen (secondary N) is 1. The van der Waals surface area contributed by atoms with Crippen molar-refractivity contribution in [3.05, 3.63) is 18.3 Å². The summed E-state index contributed by atoms with van der Waals surface area (Å²) in [6.07, 6.45) is 3.19. The molecule has 1 rings (SSSR count). The molecule has 96 valence electrons. The molecule has 0 amide bonds. The van der Waals surface area contributed by atoms with Gasteiger partial charge >= 0.3 is 0 Å². The first kappa shape index (κ1) is 13.9. The minimum absolute atomic E-state index is 0.000840. The van der Waals surface area contributed by atoms with E-state index < -0.39 is 10.0 Å². The summed E-state index contributed by atoms with van der Waals surface area (Å²) in [6.45, 7) is 2.68. The quantitative estimate of drug-likeness (QED) is 0.678. The van der Waals surface area contributed by atoms with E-state index in [-0.39, 0.29) is 10.9 Å². The molecule has 6 nitrogen and oxygen atoms in total. The first-order chi connectivity index (χ1) is 7.93. The molecule has 0 fully saturated rings. The van der Waals surface area contributed by atoms with Gasteiger partial charge in [-0.1, -0.05) is 13.3 Å². The first-order valence-corrected chi connectivity index (χ1v) is 6.96. The van der Waals surface area contributed by atoms with Crippen LogP contribution in [0.1, 0.15) is 19.8 Å². The molecule has 1 aromatic heterocycles. The molecule has 1 heterocycles. The molecule has 7 heteroatoms. The lowest BCUT2D eigenvalue weighted by Crippen LogP contribution is -2.29. The number of sulfonamides is 1. The van der Waals surface area contributed by atoms with Crippen LogP contribution in [0.4, 0.5) is 5.82 Å². The van der Waals surface area contributed by atoms with Gasteiger partial charge in [-0.3, -0.25) is 0 Å². The second kappa shape index (κ2) is 5.95. The van der Waals surface area contributed by atoms with Gasteiger partial charge in [0, 0.05) is 18.8 Å². The Bertz CT molecular complexity index is 444. The molecule has 0 saturated heterocycles. The number of primary sulfonamides is 1. The van der Waals surface area contributed by atoms with Gasteiger partial charge in [-0.2, -0.15) is 0 Å². The largest absolute Gasteiger partial charge is 0.369 e. The maximum atomic E-state index is 11.0. The fourth-order valence-corrected chi connectivity index (χ4v) is 1.82. The monoisotopic (exact) mass is 258 g/mol.